The average Bonchev–Trinajstić information content (AvgIpc) is 3.01. The Hall–Kier alpha value is -2.68. The zero-order valence-electron chi connectivity index (χ0n) is 12.2. The van der Waals surface area contributed by atoms with Crippen LogP contribution in [-0.4, -0.2) is 9.55 Å². The molecular weight excluding hydrogens is 270 g/mol. The first kappa shape index (κ1) is 13.0. The maximum absolute atomic E-state index is 8.32. The van der Waals surface area contributed by atoms with Gasteiger partial charge < -0.3 is 4.57 Å². The van der Waals surface area contributed by atoms with Crippen LogP contribution in [0.15, 0.2) is 66.7 Å². The molecule has 22 heavy (non-hydrogen) atoms. The summed E-state index contributed by atoms with van der Waals surface area (Å²) in [6.07, 6.45) is 0.899. The number of hydrogen-bond donors (Lipinski definition) is 1. The van der Waals surface area contributed by atoms with Crippen LogP contribution >= 0.6 is 0 Å². The van der Waals surface area contributed by atoms with Crippen LogP contribution in [0.1, 0.15) is 17.3 Å². The van der Waals surface area contributed by atoms with E-state index in [1.165, 1.54) is 5.56 Å². The standard InChI is InChI=1S/C19H17N3/c20-18-12-17(15-9-5-2-6-10-15)21-19-11-16(13-22(18)19)14-7-3-1-4-8-14/h1-10,12,16,20H,11,13H2. The third-order valence-corrected chi connectivity index (χ3v) is 4.30. The van der Waals surface area contributed by atoms with Crippen molar-refractivity contribution in [3.05, 3.63) is 83.6 Å². The molecule has 1 aliphatic heterocycles. The Balaban J connectivity index is 1.73. The van der Waals surface area contributed by atoms with Crippen molar-refractivity contribution in [2.24, 2.45) is 0 Å². The minimum Gasteiger partial charge on any atom is -0.314 e. The monoisotopic (exact) mass is 287 g/mol. The minimum absolute atomic E-state index is 0.420. The lowest BCUT2D eigenvalue weighted by Gasteiger charge is -2.08. The molecule has 3 nitrogen and oxygen atoms in total. The highest BCUT2D eigenvalue weighted by molar-refractivity contribution is 5.58. The van der Waals surface area contributed by atoms with Crippen LogP contribution in [0.25, 0.3) is 11.3 Å². The van der Waals surface area contributed by atoms with Gasteiger partial charge in [0.25, 0.3) is 0 Å². The van der Waals surface area contributed by atoms with Crippen molar-refractivity contribution in [2.45, 2.75) is 18.9 Å². The molecule has 1 unspecified atom stereocenters. The quantitative estimate of drug-likeness (QED) is 0.771. The van der Waals surface area contributed by atoms with E-state index in [9.17, 15) is 0 Å². The van der Waals surface area contributed by atoms with E-state index in [0.717, 1.165) is 30.0 Å². The molecule has 2 heterocycles. The Morgan fingerprint density at radius 3 is 2.36 bits per heavy atom. The van der Waals surface area contributed by atoms with Gasteiger partial charge in [0.05, 0.1) is 5.69 Å². The summed E-state index contributed by atoms with van der Waals surface area (Å²) in [6, 6.07) is 22.5. The van der Waals surface area contributed by atoms with Gasteiger partial charge in [0.1, 0.15) is 11.3 Å². The number of hydrogen-bond acceptors (Lipinski definition) is 2. The molecule has 0 fully saturated rings. The van der Waals surface area contributed by atoms with E-state index in [1.54, 1.807) is 0 Å². The molecule has 1 aromatic heterocycles. The molecule has 1 N–H and O–H groups in total. The highest BCUT2D eigenvalue weighted by atomic mass is 15.1. The SMILES string of the molecule is N=c1cc(-c2ccccc2)nc2n1CC(c1ccccc1)C2. The third kappa shape index (κ3) is 2.25. The van der Waals surface area contributed by atoms with Gasteiger partial charge in [-0.15, -0.1) is 0 Å². The van der Waals surface area contributed by atoms with Crippen LogP contribution in [0.3, 0.4) is 0 Å². The zero-order valence-corrected chi connectivity index (χ0v) is 12.2. The lowest BCUT2D eigenvalue weighted by atomic mass is 9.98. The molecule has 1 aliphatic rings. The zero-order chi connectivity index (χ0) is 14.9. The number of nitrogens with one attached hydrogen (secondary N) is 1. The van der Waals surface area contributed by atoms with Crippen molar-refractivity contribution in [3.63, 3.8) is 0 Å². The fourth-order valence-corrected chi connectivity index (χ4v) is 3.15. The summed E-state index contributed by atoms with van der Waals surface area (Å²) in [4.78, 5) is 4.80. The summed E-state index contributed by atoms with van der Waals surface area (Å²) in [7, 11) is 0. The van der Waals surface area contributed by atoms with Gasteiger partial charge in [-0.3, -0.25) is 5.41 Å². The predicted octanol–water partition coefficient (Wildman–Crippen LogP) is 3.37. The first-order chi connectivity index (χ1) is 10.8. The molecule has 4 rings (SSSR count). The molecule has 0 bridgehead atoms. The molecular formula is C19H17N3. The first-order valence-electron chi connectivity index (χ1n) is 7.57. The van der Waals surface area contributed by atoms with Crippen molar-refractivity contribution in [1.29, 1.82) is 5.41 Å². The van der Waals surface area contributed by atoms with Gasteiger partial charge in [0, 0.05) is 30.5 Å². The van der Waals surface area contributed by atoms with Crippen LogP contribution in [0.4, 0.5) is 0 Å². The second-order valence-electron chi connectivity index (χ2n) is 5.73. The molecule has 1 atom stereocenters. The van der Waals surface area contributed by atoms with Crippen molar-refractivity contribution in [2.75, 3.05) is 0 Å². The highest BCUT2D eigenvalue weighted by Crippen LogP contribution is 2.28. The minimum atomic E-state index is 0.420. The molecule has 0 aliphatic carbocycles. The molecule has 0 spiro atoms. The third-order valence-electron chi connectivity index (χ3n) is 4.30. The molecule has 2 aromatic carbocycles. The molecule has 0 saturated carbocycles. The summed E-state index contributed by atoms with van der Waals surface area (Å²) in [6.45, 7) is 0.847. The van der Waals surface area contributed by atoms with Gasteiger partial charge in [0.2, 0.25) is 0 Å². The van der Waals surface area contributed by atoms with E-state index in [0.29, 0.717) is 11.4 Å². The van der Waals surface area contributed by atoms with Crippen LogP contribution in [0, 0.1) is 5.41 Å². The fourth-order valence-electron chi connectivity index (χ4n) is 3.15. The molecule has 3 aromatic rings. The van der Waals surface area contributed by atoms with Crippen molar-refractivity contribution >= 4 is 0 Å². The Kier molecular flexibility index (Phi) is 3.11. The number of benzene rings is 2. The summed E-state index contributed by atoms with van der Waals surface area (Å²) < 4.78 is 2.03. The number of nitrogens with zero attached hydrogens (tertiary/aromatic N) is 2. The summed E-state index contributed by atoms with van der Waals surface area (Å²) >= 11 is 0. The maximum Gasteiger partial charge on any atom is 0.128 e. The van der Waals surface area contributed by atoms with Gasteiger partial charge in [-0.25, -0.2) is 4.98 Å². The smallest absolute Gasteiger partial charge is 0.128 e. The predicted molar refractivity (Wildman–Crippen MR) is 86.4 cm³/mol. The van der Waals surface area contributed by atoms with E-state index in [4.69, 9.17) is 10.4 Å². The van der Waals surface area contributed by atoms with Crippen LogP contribution < -0.4 is 5.49 Å². The van der Waals surface area contributed by atoms with Crippen molar-refractivity contribution < 1.29 is 0 Å². The van der Waals surface area contributed by atoms with Gasteiger partial charge >= 0.3 is 0 Å². The lowest BCUT2D eigenvalue weighted by Crippen LogP contribution is -2.20. The largest absolute Gasteiger partial charge is 0.314 e. The number of rotatable bonds is 2. The fraction of sp³-hybridized carbons (Fsp3) is 0.158. The Morgan fingerprint density at radius 2 is 1.64 bits per heavy atom. The number of aromatic nitrogens is 2. The van der Waals surface area contributed by atoms with E-state index >= 15 is 0 Å². The Labute approximate surface area is 129 Å². The summed E-state index contributed by atoms with van der Waals surface area (Å²) in [5.74, 6) is 1.43. The van der Waals surface area contributed by atoms with Crippen LogP contribution in [-0.2, 0) is 13.0 Å². The number of fused-ring (bicyclic) bond motifs is 1. The molecule has 0 radical (unpaired) electrons. The Morgan fingerprint density at radius 1 is 0.955 bits per heavy atom. The topological polar surface area (TPSA) is 41.7 Å². The van der Waals surface area contributed by atoms with Crippen LogP contribution in [0.5, 0.6) is 0 Å². The second-order valence-corrected chi connectivity index (χ2v) is 5.73. The second kappa shape index (κ2) is 5.26. The lowest BCUT2D eigenvalue weighted by molar-refractivity contribution is 0.626. The average molecular weight is 287 g/mol. The normalized spacial score (nSPS) is 16.5. The first-order valence-corrected chi connectivity index (χ1v) is 7.57. The molecule has 3 heteroatoms. The Bertz CT molecular complexity index is 851. The van der Waals surface area contributed by atoms with Gasteiger partial charge in [-0.05, 0) is 5.56 Å². The highest BCUT2D eigenvalue weighted by Gasteiger charge is 2.24. The summed E-state index contributed by atoms with van der Waals surface area (Å²) in [5.41, 5.74) is 3.84. The molecule has 0 saturated heterocycles. The maximum atomic E-state index is 8.32. The van der Waals surface area contributed by atoms with Crippen molar-refractivity contribution in [3.8, 4) is 11.3 Å². The molecule has 0 amide bonds. The van der Waals surface area contributed by atoms with Gasteiger partial charge in [-0.1, -0.05) is 60.7 Å². The van der Waals surface area contributed by atoms with Gasteiger partial charge in [-0.2, -0.15) is 0 Å². The van der Waals surface area contributed by atoms with Crippen LogP contribution in [0.2, 0.25) is 0 Å². The summed E-state index contributed by atoms with van der Waals surface area (Å²) in [5, 5.41) is 8.32. The van der Waals surface area contributed by atoms with E-state index in [2.05, 4.69) is 24.3 Å². The van der Waals surface area contributed by atoms with E-state index in [1.807, 2.05) is 47.0 Å². The van der Waals surface area contributed by atoms with E-state index < -0.39 is 0 Å². The van der Waals surface area contributed by atoms with Gasteiger partial charge in [0.15, 0.2) is 0 Å². The molecule has 108 valence electrons. The van der Waals surface area contributed by atoms with Crippen molar-refractivity contribution in [1.82, 2.24) is 9.55 Å². The van der Waals surface area contributed by atoms with E-state index in [-0.39, 0.29) is 0 Å².